The van der Waals surface area contributed by atoms with Gasteiger partial charge in [-0.2, -0.15) is 0 Å². The summed E-state index contributed by atoms with van der Waals surface area (Å²) in [6.07, 6.45) is 4.68. The van der Waals surface area contributed by atoms with E-state index >= 15 is 0 Å². The molecule has 1 aliphatic carbocycles. The van der Waals surface area contributed by atoms with Gasteiger partial charge in [-0.15, -0.1) is 0 Å². The van der Waals surface area contributed by atoms with E-state index in [1.165, 1.54) is 25.0 Å². The average molecular weight is 336 g/mol. The fourth-order valence-electron chi connectivity index (χ4n) is 2.71. The van der Waals surface area contributed by atoms with E-state index in [1.54, 1.807) is 12.1 Å². The van der Waals surface area contributed by atoms with Crippen molar-refractivity contribution in [1.29, 1.82) is 0 Å². The molecule has 5 heteroatoms. The van der Waals surface area contributed by atoms with E-state index in [0.29, 0.717) is 23.1 Å². The van der Waals surface area contributed by atoms with Gasteiger partial charge in [-0.3, -0.25) is 0 Å². The normalized spacial score (nSPS) is 15.7. The second kappa shape index (κ2) is 5.48. The highest BCUT2D eigenvalue weighted by Crippen LogP contribution is 2.38. The van der Waals surface area contributed by atoms with Crippen molar-refractivity contribution in [2.75, 3.05) is 5.73 Å². The van der Waals surface area contributed by atoms with Crippen LogP contribution in [0.25, 0.3) is 11.4 Å². The van der Waals surface area contributed by atoms with Crippen LogP contribution in [0, 0.1) is 5.82 Å². The number of hydrogen-bond donors (Lipinski definition) is 1. The maximum atomic E-state index is 13.3. The lowest BCUT2D eigenvalue weighted by Crippen LogP contribution is -2.06. The van der Waals surface area contributed by atoms with Crippen LogP contribution in [-0.4, -0.2) is 9.97 Å². The number of rotatable bonds is 2. The predicted octanol–water partition coefficient (Wildman–Crippen LogP) is 4.29. The molecule has 1 aromatic carbocycles. The third-order valence-corrected chi connectivity index (χ3v) is 4.54. The molecule has 0 aliphatic heterocycles. The van der Waals surface area contributed by atoms with Crippen LogP contribution in [0.4, 0.5) is 10.2 Å². The number of halogens is 2. The SMILES string of the molecule is Nc1nc(-c2cccc(F)c2)nc(C2CCCC2)c1Br. The van der Waals surface area contributed by atoms with Gasteiger partial charge in [0, 0.05) is 11.5 Å². The number of anilines is 1. The first-order chi connectivity index (χ1) is 9.65. The minimum absolute atomic E-state index is 0.296. The Hall–Kier alpha value is -1.49. The van der Waals surface area contributed by atoms with E-state index < -0.39 is 0 Å². The molecule has 0 bridgehead atoms. The number of aromatic nitrogens is 2. The second-order valence-electron chi connectivity index (χ2n) is 5.12. The van der Waals surface area contributed by atoms with Crippen molar-refractivity contribution in [2.45, 2.75) is 31.6 Å². The molecule has 0 radical (unpaired) electrons. The van der Waals surface area contributed by atoms with Crippen LogP contribution in [0.1, 0.15) is 37.3 Å². The van der Waals surface area contributed by atoms with E-state index in [0.717, 1.165) is 23.0 Å². The van der Waals surface area contributed by atoms with E-state index in [-0.39, 0.29) is 5.82 Å². The summed E-state index contributed by atoms with van der Waals surface area (Å²) in [7, 11) is 0. The third kappa shape index (κ3) is 2.54. The summed E-state index contributed by atoms with van der Waals surface area (Å²) in [4.78, 5) is 8.89. The van der Waals surface area contributed by atoms with Crippen molar-refractivity contribution in [3.63, 3.8) is 0 Å². The smallest absolute Gasteiger partial charge is 0.161 e. The highest BCUT2D eigenvalue weighted by atomic mass is 79.9. The van der Waals surface area contributed by atoms with Crippen LogP contribution >= 0.6 is 15.9 Å². The van der Waals surface area contributed by atoms with Crippen molar-refractivity contribution in [3.8, 4) is 11.4 Å². The molecule has 2 N–H and O–H groups in total. The van der Waals surface area contributed by atoms with Crippen molar-refractivity contribution >= 4 is 21.7 Å². The van der Waals surface area contributed by atoms with Gasteiger partial charge in [-0.1, -0.05) is 25.0 Å². The van der Waals surface area contributed by atoms with Crippen LogP contribution in [0.5, 0.6) is 0 Å². The van der Waals surface area contributed by atoms with Gasteiger partial charge in [0.2, 0.25) is 0 Å². The lowest BCUT2D eigenvalue weighted by atomic mass is 10.0. The molecule has 1 saturated carbocycles. The zero-order valence-electron chi connectivity index (χ0n) is 10.9. The first kappa shape index (κ1) is 13.5. The Bertz CT molecular complexity index is 639. The van der Waals surface area contributed by atoms with Crippen LogP contribution < -0.4 is 5.73 Å². The van der Waals surface area contributed by atoms with Crippen molar-refractivity contribution < 1.29 is 4.39 Å². The van der Waals surface area contributed by atoms with Gasteiger partial charge in [-0.05, 0) is 40.9 Å². The number of nitrogens with zero attached hydrogens (tertiary/aromatic N) is 2. The van der Waals surface area contributed by atoms with Crippen LogP contribution in [0.15, 0.2) is 28.7 Å². The zero-order valence-corrected chi connectivity index (χ0v) is 12.5. The third-order valence-electron chi connectivity index (χ3n) is 3.73. The average Bonchev–Trinajstić information content (AvgIpc) is 2.95. The summed E-state index contributed by atoms with van der Waals surface area (Å²) < 4.78 is 14.1. The number of hydrogen-bond acceptors (Lipinski definition) is 3. The Morgan fingerprint density at radius 1 is 1.20 bits per heavy atom. The maximum absolute atomic E-state index is 13.3. The lowest BCUT2D eigenvalue weighted by Gasteiger charge is -2.14. The highest BCUT2D eigenvalue weighted by Gasteiger charge is 2.23. The molecule has 3 nitrogen and oxygen atoms in total. The van der Waals surface area contributed by atoms with Crippen LogP contribution in [-0.2, 0) is 0 Å². The minimum atomic E-state index is -0.296. The van der Waals surface area contributed by atoms with E-state index in [9.17, 15) is 4.39 Å². The molecule has 0 amide bonds. The van der Waals surface area contributed by atoms with E-state index in [1.807, 2.05) is 0 Å². The summed E-state index contributed by atoms with van der Waals surface area (Å²) in [5.41, 5.74) is 7.58. The lowest BCUT2D eigenvalue weighted by molar-refractivity contribution is 0.628. The molecule has 1 heterocycles. The van der Waals surface area contributed by atoms with E-state index in [4.69, 9.17) is 5.73 Å². The van der Waals surface area contributed by atoms with Gasteiger partial charge >= 0.3 is 0 Å². The van der Waals surface area contributed by atoms with Crippen molar-refractivity contribution in [2.24, 2.45) is 0 Å². The summed E-state index contributed by atoms with van der Waals surface area (Å²) >= 11 is 3.49. The Morgan fingerprint density at radius 3 is 2.65 bits per heavy atom. The first-order valence-corrected chi connectivity index (χ1v) is 7.53. The standard InChI is InChI=1S/C15H15BrFN3/c16-12-13(9-4-1-2-5-9)19-15(20-14(12)18)10-6-3-7-11(17)8-10/h3,6-9H,1-2,4-5H2,(H2,18,19,20). The summed E-state index contributed by atoms with van der Waals surface area (Å²) in [5, 5.41) is 0. The molecule has 1 aromatic heterocycles. The van der Waals surface area contributed by atoms with Gasteiger partial charge in [0.25, 0.3) is 0 Å². The molecule has 2 aromatic rings. The Labute approximate surface area is 125 Å². The number of nitrogen functional groups attached to an aromatic ring is 1. The van der Waals surface area contributed by atoms with Gasteiger partial charge in [0.1, 0.15) is 11.6 Å². The molecule has 3 rings (SSSR count). The minimum Gasteiger partial charge on any atom is -0.383 e. The monoisotopic (exact) mass is 335 g/mol. The molecule has 0 saturated heterocycles. The largest absolute Gasteiger partial charge is 0.383 e. The summed E-state index contributed by atoms with van der Waals surface area (Å²) in [6, 6.07) is 6.29. The van der Waals surface area contributed by atoms with Gasteiger partial charge in [-0.25, -0.2) is 14.4 Å². The second-order valence-corrected chi connectivity index (χ2v) is 5.92. The molecule has 1 aliphatic rings. The topological polar surface area (TPSA) is 51.8 Å². The quantitative estimate of drug-likeness (QED) is 0.890. The number of benzene rings is 1. The summed E-state index contributed by atoms with van der Waals surface area (Å²) in [6.45, 7) is 0. The van der Waals surface area contributed by atoms with Gasteiger partial charge < -0.3 is 5.73 Å². The summed E-state index contributed by atoms with van der Waals surface area (Å²) in [5.74, 6) is 1.03. The van der Waals surface area contributed by atoms with Crippen LogP contribution in [0.2, 0.25) is 0 Å². The molecular formula is C15H15BrFN3. The van der Waals surface area contributed by atoms with E-state index in [2.05, 4.69) is 25.9 Å². The fourth-order valence-corrected chi connectivity index (χ4v) is 3.21. The highest BCUT2D eigenvalue weighted by molar-refractivity contribution is 9.10. The maximum Gasteiger partial charge on any atom is 0.161 e. The molecule has 0 atom stereocenters. The first-order valence-electron chi connectivity index (χ1n) is 6.74. The van der Waals surface area contributed by atoms with Gasteiger partial charge in [0.05, 0.1) is 10.2 Å². The molecule has 0 unspecified atom stereocenters. The molecule has 0 spiro atoms. The molecule has 20 heavy (non-hydrogen) atoms. The molecule has 104 valence electrons. The van der Waals surface area contributed by atoms with Crippen LogP contribution in [0.3, 0.4) is 0 Å². The zero-order chi connectivity index (χ0) is 14.1. The predicted molar refractivity (Wildman–Crippen MR) is 80.7 cm³/mol. The number of nitrogens with two attached hydrogens (primary N) is 1. The molecular weight excluding hydrogens is 321 g/mol. The van der Waals surface area contributed by atoms with Crippen molar-refractivity contribution in [3.05, 3.63) is 40.2 Å². The fraction of sp³-hybridized carbons (Fsp3) is 0.333. The Kier molecular flexibility index (Phi) is 3.70. The van der Waals surface area contributed by atoms with Crippen molar-refractivity contribution in [1.82, 2.24) is 9.97 Å². The van der Waals surface area contributed by atoms with Gasteiger partial charge in [0.15, 0.2) is 5.82 Å². The Balaban J connectivity index is 2.08. The Morgan fingerprint density at radius 2 is 1.95 bits per heavy atom. The molecule has 1 fully saturated rings.